The van der Waals surface area contributed by atoms with E-state index in [-0.39, 0.29) is 12.5 Å². The molecule has 1 aromatic carbocycles. The number of carbonyl (C=O) groups excluding carboxylic acids is 1. The van der Waals surface area contributed by atoms with Gasteiger partial charge in [0.05, 0.1) is 26.0 Å². The summed E-state index contributed by atoms with van der Waals surface area (Å²) in [5.74, 6) is 0.299. The van der Waals surface area contributed by atoms with E-state index in [1.807, 2.05) is 0 Å². The summed E-state index contributed by atoms with van der Waals surface area (Å²) in [6.07, 6.45) is 2.14. The van der Waals surface area contributed by atoms with Crippen LogP contribution in [0.1, 0.15) is 19.8 Å². The second-order valence-corrected chi connectivity index (χ2v) is 4.53. The van der Waals surface area contributed by atoms with E-state index in [4.69, 9.17) is 19.9 Å². The molecule has 0 bridgehead atoms. The molecule has 0 saturated heterocycles. The lowest BCUT2D eigenvalue weighted by molar-refractivity contribution is -0.121. The van der Waals surface area contributed by atoms with Gasteiger partial charge in [-0.1, -0.05) is 13.3 Å². The smallest absolute Gasteiger partial charge is 0.250 e. The van der Waals surface area contributed by atoms with Crippen LogP contribution in [-0.4, -0.2) is 39.4 Å². The van der Waals surface area contributed by atoms with Crippen LogP contribution in [0.15, 0.2) is 18.2 Å². The largest absolute Gasteiger partial charge is 0.495 e. The van der Waals surface area contributed by atoms with Gasteiger partial charge in [0.25, 0.3) is 0 Å². The molecule has 0 heterocycles. The summed E-state index contributed by atoms with van der Waals surface area (Å²) in [6, 6.07) is 5.05. The first-order chi connectivity index (χ1) is 10.2. The molecule has 0 aliphatic carbocycles. The zero-order chi connectivity index (χ0) is 15.5. The fourth-order valence-electron chi connectivity index (χ4n) is 1.64. The Morgan fingerprint density at radius 2 is 2.00 bits per heavy atom. The monoisotopic (exact) mass is 296 g/mol. The molecule has 0 aromatic heterocycles. The number of rotatable bonds is 10. The van der Waals surface area contributed by atoms with Gasteiger partial charge in [0, 0.05) is 12.3 Å². The highest BCUT2D eigenvalue weighted by atomic mass is 16.5. The summed E-state index contributed by atoms with van der Waals surface area (Å²) in [5.41, 5.74) is 6.77. The van der Waals surface area contributed by atoms with Crippen molar-refractivity contribution in [2.24, 2.45) is 0 Å². The third kappa shape index (κ3) is 6.97. The molecule has 0 atom stereocenters. The van der Waals surface area contributed by atoms with Crippen LogP contribution in [0.3, 0.4) is 0 Å². The Bertz CT molecular complexity index is 438. The van der Waals surface area contributed by atoms with Gasteiger partial charge in [-0.25, -0.2) is 0 Å². The zero-order valence-electron chi connectivity index (χ0n) is 12.7. The highest BCUT2D eigenvalue weighted by molar-refractivity contribution is 5.93. The fourth-order valence-corrected chi connectivity index (χ4v) is 1.64. The topological polar surface area (TPSA) is 82.8 Å². The summed E-state index contributed by atoms with van der Waals surface area (Å²) >= 11 is 0. The number of methoxy groups -OCH3 is 1. The average molecular weight is 296 g/mol. The van der Waals surface area contributed by atoms with Crippen molar-refractivity contribution in [3.05, 3.63) is 18.2 Å². The van der Waals surface area contributed by atoms with Gasteiger partial charge in [0.15, 0.2) is 0 Å². The second kappa shape index (κ2) is 10.0. The summed E-state index contributed by atoms with van der Waals surface area (Å²) in [6.45, 7) is 3.69. The predicted octanol–water partition coefficient (Wildman–Crippen LogP) is 2.05. The SMILES string of the molecule is CCCCOCCOCC(=O)Nc1cc(N)ccc1OC. The Labute approximate surface area is 125 Å². The normalized spacial score (nSPS) is 10.4. The van der Waals surface area contributed by atoms with Gasteiger partial charge in [-0.15, -0.1) is 0 Å². The van der Waals surface area contributed by atoms with Gasteiger partial charge >= 0.3 is 0 Å². The molecule has 0 spiro atoms. The van der Waals surface area contributed by atoms with Gasteiger partial charge < -0.3 is 25.3 Å². The molecule has 0 fully saturated rings. The molecule has 6 heteroatoms. The maximum atomic E-state index is 11.8. The van der Waals surface area contributed by atoms with Crippen LogP contribution in [0.5, 0.6) is 5.75 Å². The molecule has 1 amide bonds. The quantitative estimate of drug-likeness (QED) is 0.510. The number of hydrogen-bond acceptors (Lipinski definition) is 5. The summed E-state index contributed by atoms with van der Waals surface area (Å²) in [4.78, 5) is 11.8. The van der Waals surface area contributed by atoms with Crippen molar-refractivity contribution in [3.63, 3.8) is 0 Å². The molecule has 6 nitrogen and oxygen atoms in total. The first kappa shape index (κ1) is 17.3. The van der Waals surface area contributed by atoms with E-state index in [9.17, 15) is 4.79 Å². The predicted molar refractivity (Wildman–Crippen MR) is 82.6 cm³/mol. The molecular weight excluding hydrogens is 272 g/mol. The number of carbonyl (C=O) groups is 1. The molecule has 0 aliphatic heterocycles. The van der Waals surface area contributed by atoms with Crippen molar-refractivity contribution in [1.29, 1.82) is 0 Å². The Hall–Kier alpha value is -1.79. The molecule has 118 valence electrons. The lowest BCUT2D eigenvalue weighted by Gasteiger charge is -2.11. The van der Waals surface area contributed by atoms with Crippen LogP contribution in [0, 0.1) is 0 Å². The van der Waals surface area contributed by atoms with E-state index >= 15 is 0 Å². The highest BCUT2D eigenvalue weighted by Crippen LogP contribution is 2.26. The summed E-state index contributed by atoms with van der Waals surface area (Å²) in [5, 5.41) is 2.70. The van der Waals surface area contributed by atoms with Crippen molar-refractivity contribution in [2.45, 2.75) is 19.8 Å². The summed E-state index contributed by atoms with van der Waals surface area (Å²) < 4.78 is 15.7. The molecular formula is C15H24N2O4. The molecule has 0 saturated carbocycles. The maximum Gasteiger partial charge on any atom is 0.250 e. The minimum absolute atomic E-state index is 0.0326. The van der Waals surface area contributed by atoms with Crippen molar-refractivity contribution in [2.75, 3.05) is 44.6 Å². The van der Waals surface area contributed by atoms with E-state index in [1.165, 1.54) is 7.11 Å². The number of benzene rings is 1. The standard InChI is InChI=1S/C15H24N2O4/c1-3-4-7-20-8-9-21-11-15(18)17-13-10-12(16)5-6-14(13)19-2/h5-6,10H,3-4,7-9,11,16H2,1-2H3,(H,17,18). The van der Waals surface area contributed by atoms with Gasteiger partial charge in [0.1, 0.15) is 12.4 Å². The minimum atomic E-state index is -0.257. The molecule has 1 rings (SSSR count). The van der Waals surface area contributed by atoms with E-state index < -0.39 is 0 Å². The van der Waals surface area contributed by atoms with Gasteiger partial charge in [-0.05, 0) is 24.6 Å². The number of nitrogens with two attached hydrogens (primary N) is 1. The van der Waals surface area contributed by atoms with E-state index in [2.05, 4.69) is 12.2 Å². The minimum Gasteiger partial charge on any atom is -0.495 e. The number of amides is 1. The molecule has 3 N–H and O–H groups in total. The highest BCUT2D eigenvalue weighted by Gasteiger charge is 2.08. The maximum absolute atomic E-state index is 11.8. The molecule has 1 aromatic rings. The first-order valence-corrected chi connectivity index (χ1v) is 7.06. The lowest BCUT2D eigenvalue weighted by atomic mass is 10.2. The number of hydrogen-bond donors (Lipinski definition) is 2. The number of anilines is 2. The Morgan fingerprint density at radius 1 is 1.24 bits per heavy atom. The van der Waals surface area contributed by atoms with Crippen molar-refractivity contribution in [1.82, 2.24) is 0 Å². The van der Waals surface area contributed by atoms with Crippen molar-refractivity contribution >= 4 is 17.3 Å². The van der Waals surface area contributed by atoms with Crippen LogP contribution in [0.25, 0.3) is 0 Å². The Morgan fingerprint density at radius 3 is 2.71 bits per heavy atom. The molecule has 0 aliphatic rings. The number of unbranched alkanes of at least 4 members (excludes halogenated alkanes) is 1. The van der Waals surface area contributed by atoms with E-state index in [0.717, 1.165) is 19.4 Å². The molecule has 21 heavy (non-hydrogen) atoms. The van der Waals surface area contributed by atoms with Crippen LogP contribution in [0.4, 0.5) is 11.4 Å². The Kier molecular flexibility index (Phi) is 8.23. The third-order valence-electron chi connectivity index (χ3n) is 2.75. The third-order valence-corrected chi connectivity index (χ3v) is 2.75. The number of ether oxygens (including phenoxy) is 3. The molecule has 0 unspecified atom stereocenters. The van der Waals surface area contributed by atoms with Crippen molar-refractivity contribution < 1.29 is 19.0 Å². The van der Waals surface area contributed by atoms with Gasteiger partial charge in [0.2, 0.25) is 5.91 Å². The first-order valence-electron chi connectivity index (χ1n) is 7.06. The average Bonchev–Trinajstić information content (AvgIpc) is 2.46. The van der Waals surface area contributed by atoms with Crippen LogP contribution < -0.4 is 15.8 Å². The number of nitrogen functional groups attached to an aromatic ring is 1. The lowest BCUT2D eigenvalue weighted by Crippen LogP contribution is -2.20. The van der Waals surface area contributed by atoms with Crippen LogP contribution in [0.2, 0.25) is 0 Å². The van der Waals surface area contributed by atoms with Crippen LogP contribution >= 0.6 is 0 Å². The fraction of sp³-hybridized carbons (Fsp3) is 0.533. The summed E-state index contributed by atoms with van der Waals surface area (Å²) in [7, 11) is 1.53. The van der Waals surface area contributed by atoms with E-state index in [0.29, 0.717) is 30.3 Å². The number of nitrogens with one attached hydrogen (secondary N) is 1. The van der Waals surface area contributed by atoms with E-state index in [1.54, 1.807) is 18.2 Å². The van der Waals surface area contributed by atoms with Gasteiger partial charge in [-0.2, -0.15) is 0 Å². The second-order valence-electron chi connectivity index (χ2n) is 4.53. The molecule has 0 radical (unpaired) electrons. The van der Waals surface area contributed by atoms with Crippen LogP contribution in [-0.2, 0) is 14.3 Å². The Balaban J connectivity index is 2.26. The van der Waals surface area contributed by atoms with Crippen molar-refractivity contribution in [3.8, 4) is 5.75 Å². The zero-order valence-corrected chi connectivity index (χ0v) is 12.7. The van der Waals surface area contributed by atoms with Gasteiger partial charge in [-0.3, -0.25) is 4.79 Å².